The number of ether oxygens (including phenoxy) is 3. The topological polar surface area (TPSA) is 96.0 Å². The van der Waals surface area contributed by atoms with Crippen LogP contribution in [0.5, 0.6) is 11.5 Å². The van der Waals surface area contributed by atoms with Crippen molar-refractivity contribution < 1.29 is 19.0 Å². The minimum atomic E-state index is -0.242. The van der Waals surface area contributed by atoms with Crippen LogP contribution in [0.4, 0.5) is 0 Å². The smallest absolute Gasteiger partial charge is 0.259 e. The van der Waals surface area contributed by atoms with Crippen LogP contribution in [0.1, 0.15) is 6.42 Å². The van der Waals surface area contributed by atoms with Gasteiger partial charge >= 0.3 is 0 Å². The van der Waals surface area contributed by atoms with Gasteiger partial charge in [0.2, 0.25) is 5.91 Å². The van der Waals surface area contributed by atoms with E-state index in [-0.39, 0.29) is 24.1 Å². The van der Waals surface area contributed by atoms with Crippen molar-refractivity contribution in [2.75, 3.05) is 40.5 Å². The van der Waals surface area contributed by atoms with Gasteiger partial charge in [0.1, 0.15) is 6.54 Å². The monoisotopic (exact) mass is 375 g/mol. The van der Waals surface area contributed by atoms with Gasteiger partial charge in [-0.2, -0.15) is 0 Å². The predicted octanol–water partition coefficient (Wildman–Crippen LogP) is 0.595. The fourth-order valence-corrected chi connectivity index (χ4v) is 3.37. The molecule has 27 heavy (non-hydrogen) atoms. The van der Waals surface area contributed by atoms with Gasteiger partial charge in [0.25, 0.3) is 5.56 Å². The number of aromatic nitrogens is 1. The second-order valence-corrected chi connectivity index (χ2v) is 6.42. The van der Waals surface area contributed by atoms with Gasteiger partial charge in [-0.3, -0.25) is 9.59 Å². The first-order valence-electron chi connectivity index (χ1n) is 8.92. The van der Waals surface area contributed by atoms with Crippen LogP contribution in [0.2, 0.25) is 0 Å². The van der Waals surface area contributed by atoms with E-state index in [4.69, 9.17) is 19.9 Å². The molecule has 1 saturated heterocycles. The molecular formula is C19H25N3O5. The Morgan fingerprint density at radius 2 is 2.07 bits per heavy atom. The molecule has 0 spiro atoms. The molecule has 0 bridgehead atoms. The van der Waals surface area contributed by atoms with Gasteiger partial charge in [0.15, 0.2) is 11.5 Å². The molecule has 0 radical (unpaired) electrons. The number of rotatable bonds is 6. The molecule has 1 atom stereocenters. The largest absolute Gasteiger partial charge is 0.493 e. The standard InChI is InChI=1S/C19H25N3O5/c1-25-16-4-3-15-14(18(16)26-2)6-8-22(19(15)24)12-17(23)21-9-10-27-13(11-21)5-7-20/h3-4,6,8,13H,5,7,9-12,20H2,1-2H3/t13-/m0/s1. The predicted molar refractivity (Wildman–Crippen MR) is 101 cm³/mol. The van der Waals surface area contributed by atoms with Crippen LogP contribution >= 0.6 is 0 Å². The third-order valence-electron chi connectivity index (χ3n) is 4.78. The van der Waals surface area contributed by atoms with E-state index in [0.29, 0.717) is 54.9 Å². The average molecular weight is 375 g/mol. The average Bonchev–Trinajstić information content (AvgIpc) is 2.69. The minimum Gasteiger partial charge on any atom is -0.493 e. The normalized spacial score (nSPS) is 17.1. The first-order chi connectivity index (χ1) is 13.1. The third-order valence-corrected chi connectivity index (χ3v) is 4.78. The van der Waals surface area contributed by atoms with Crippen LogP contribution in [0, 0.1) is 0 Å². The SMILES string of the molecule is COc1ccc2c(=O)n(CC(=O)N3CCO[C@@H](CCN)C3)ccc2c1OC. The summed E-state index contributed by atoms with van der Waals surface area (Å²) in [6.45, 7) is 2.01. The van der Waals surface area contributed by atoms with E-state index < -0.39 is 0 Å². The summed E-state index contributed by atoms with van der Waals surface area (Å²) in [6.07, 6.45) is 2.28. The van der Waals surface area contributed by atoms with E-state index in [1.165, 1.54) is 11.7 Å². The fraction of sp³-hybridized carbons (Fsp3) is 0.474. The van der Waals surface area contributed by atoms with Gasteiger partial charge < -0.3 is 29.4 Å². The Hall–Kier alpha value is -2.58. The van der Waals surface area contributed by atoms with Crippen LogP contribution in [0.25, 0.3) is 10.8 Å². The lowest BCUT2D eigenvalue weighted by Crippen LogP contribution is -2.47. The summed E-state index contributed by atoms with van der Waals surface area (Å²) >= 11 is 0. The second kappa shape index (κ2) is 8.41. The number of fused-ring (bicyclic) bond motifs is 1. The summed E-state index contributed by atoms with van der Waals surface area (Å²) in [5.74, 6) is 0.947. The highest BCUT2D eigenvalue weighted by Crippen LogP contribution is 2.33. The van der Waals surface area contributed by atoms with Crippen molar-refractivity contribution in [2.45, 2.75) is 19.1 Å². The fourth-order valence-electron chi connectivity index (χ4n) is 3.37. The van der Waals surface area contributed by atoms with Crippen molar-refractivity contribution in [3.8, 4) is 11.5 Å². The molecule has 2 N–H and O–H groups in total. The van der Waals surface area contributed by atoms with Gasteiger partial charge in [-0.05, 0) is 31.2 Å². The summed E-state index contributed by atoms with van der Waals surface area (Å²) < 4.78 is 17.7. The third kappa shape index (κ3) is 3.91. The van der Waals surface area contributed by atoms with Crippen LogP contribution in [-0.4, -0.2) is 61.9 Å². The lowest BCUT2D eigenvalue weighted by atomic mass is 10.1. The number of hydrogen-bond donors (Lipinski definition) is 1. The zero-order valence-electron chi connectivity index (χ0n) is 15.6. The van der Waals surface area contributed by atoms with Crippen molar-refractivity contribution >= 4 is 16.7 Å². The van der Waals surface area contributed by atoms with Crippen molar-refractivity contribution in [1.29, 1.82) is 0 Å². The molecule has 1 aliphatic heterocycles. The van der Waals surface area contributed by atoms with Gasteiger partial charge in [-0.1, -0.05) is 0 Å². The highest BCUT2D eigenvalue weighted by Gasteiger charge is 2.24. The summed E-state index contributed by atoms with van der Waals surface area (Å²) in [7, 11) is 3.08. The first-order valence-corrected chi connectivity index (χ1v) is 8.92. The van der Waals surface area contributed by atoms with Crippen molar-refractivity contribution in [1.82, 2.24) is 9.47 Å². The van der Waals surface area contributed by atoms with Crippen LogP contribution in [-0.2, 0) is 16.1 Å². The summed E-state index contributed by atoms with van der Waals surface area (Å²) in [5, 5.41) is 1.13. The number of pyridine rings is 1. The van der Waals surface area contributed by atoms with E-state index in [9.17, 15) is 9.59 Å². The molecule has 146 valence electrons. The van der Waals surface area contributed by atoms with Gasteiger partial charge in [-0.25, -0.2) is 0 Å². The maximum absolute atomic E-state index is 12.8. The molecule has 8 heteroatoms. The highest BCUT2D eigenvalue weighted by molar-refractivity contribution is 5.90. The number of morpholine rings is 1. The number of carbonyl (C=O) groups is 1. The Kier molecular flexibility index (Phi) is 5.98. The van der Waals surface area contributed by atoms with E-state index in [0.717, 1.165) is 0 Å². The van der Waals surface area contributed by atoms with Gasteiger partial charge in [0.05, 0.1) is 32.3 Å². The highest BCUT2D eigenvalue weighted by atomic mass is 16.5. The molecular weight excluding hydrogens is 350 g/mol. The Labute approximate surface area is 157 Å². The van der Waals surface area contributed by atoms with E-state index in [2.05, 4.69) is 0 Å². The number of carbonyl (C=O) groups excluding carboxylic acids is 1. The molecule has 2 heterocycles. The molecule has 0 saturated carbocycles. The molecule has 3 rings (SSSR count). The summed E-state index contributed by atoms with van der Waals surface area (Å²) in [4.78, 5) is 27.2. The number of methoxy groups -OCH3 is 2. The number of nitrogens with zero attached hydrogens (tertiary/aromatic N) is 2. The van der Waals surface area contributed by atoms with Crippen molar-refractivity contribution in [3.63, 3.8) is 0 Å². The molecule has 0 unspecified atom stereocenters. The van der Waals surface area contributed by atoms with Crippen LogP contribution in [0.3, 0.4) is 0 Å². The van der Waals surface area contributed by atoms with Crippen molar-refractivity contribution in [2.24, 2.45) is 5.73 Å². The maximum atomic E-state index is 12.8. The Morgan fingerprint density at radius 3 is 2.78 bits per heavy atom. The molecule has 1 amide bonds. The Balaban J connectivity index is 1.84. The van der Waals surface area contributed by atoms with Gasteiger partial charge in [-0.15, -0.1) is 0 Å². The first kappa shape index (κ1) is 19.2. The number of nitrogens with two attached hydrogens (primary N) is 1. The van der Waals surface area contributed by atoms with E-state index in [1.54, 1.807) is 36.4 Å². The quantitative estimate of drug-likeness (QED) is 0.794. The lowest BCUT2D eigenvalue weighted by Gasteiger charge is -2.33. The maximum Gasteiger partial charge on any atom is 0.259 e. The number of hydrogen-bond acceptors (Lipinski definition) is 6. The minimum absolute atomic E-state index is 0.0154. The van der Waals surface area contributed by atoms with Crippen LogP contribution < -0.4 is 20.8 Å². The number of benzene rings is 1. The Bertz CT molecular complexity index is 878. The molecule has 2 aromatic rings. The number of amides is 1. The molecule has 1 aromatic heterocycles. The Morgan fingerprint density at radius 1 is 1.26 bits per heavy atom. The molecule has 1 aromatic carbocycles. The zero-order valence-corrected chi connectivity index (χ0v) is 15.6. The molecule has 0 aliphatic carbocycles. The van der Waals surface area contributed by atoms with Gasteiger partial charge in [0, 0.05) is 24.7 Å². The van der Waals surface area contributed by atoms with E-state index in [1.807, 2.05) is 0 Å². The zero-order chi connectivity index (χ0) is 19.4. The summed E-state index contributed by atoms with van der Waals surface area (Å²) in [6, 6.07) is 5.14. The lowest BCUT2D eigenvalue weighted by molar-refractivity contribution is -0.139. The van der Waals surface area contributed by atoms with Crippen LogP contribution in [0.15, 0.2) is 29.2 Å². The molecule has 8 nitrogen and oxygen atoms in total. The second-order valence-electron chi connectivity index (χ2n) is 6.42. The van der Waals surface area contributed by atoms with E-state index >= 15 is 0 Å². The molecule has 1 aliphatic rings. The summed E-state index contributed by atoms with van der Waals surface area (Å²) in [5.41, 5.74) is 5.33. The molecule has 1 fully saturated rings. The van der Waals surface area contributed by atoms with Crippen molar-refractivity contribution in [3.05, 3.63) is 34.7 Å².